The average Bonchev–Trinajstić information content (AvgIpc) is 3.03. The largest absolute Gasteiger partial charge is 0.339 e. The van der Waals surface area contributed by atoms with Gasteiger partial charge in [0.1, 0.15) is 11.2 Å². The molecule has 7 heteroatoms. The van der Waals surface area contributed by atoms with Crippen LogP contribution in [-0.2, 0) is 4.79 Å². The van der Waals surface area contributed by atoms with Crippen LogP contribution in [0.15, 0.2) is 48.5 Å². The molecule has 2 fully saturated rings. The van der Waals surface area contributed by atoms with Crippen LogP contribution in [0.5, 0.6) is 0 Å². The molecule has 0 spiro atoms. The van der Waals surface area contributed by atoms with Gasteiger partial charge in [0.05, 0.1) is 5.25 Å². The highest BCUT2D eigenvalue weighted by Crippen LogP contribution is 2.45. The van der Waals surface area contributed by atoms with Crippen LogP contribution in [0.2, 0.25) is 5.02 Å². The van der Waals surface area contributed by atoms with Gasteiger partial charge in [0.2, 0.25) is 5.91 Å². The van der Waals surface area contributed by atoms with Gasteiger partial charge in [-0.3, -0.25) is 9.59 Å². The van der Waals surface area contributed by atoms with E-state index in [1.807, 2.05) is 41.0 Å². The smallest absolute Gasteiger partial charge is 0.253 e. The normalized spacial score (nSPS) is 22.6. The number of benzene rings is 2. The molecule has 30 heavy (non-hydrogen) atoms. The zero-order valence-electron chi connectivity index (χ0n) is 16.8. The Balaban J connectivity index is 1.40. The van der Waals surface area contributed by atoms with Crippen LogP contribution in [0.3, 0.4) is 0 Å². The Labute approximate surface area is 185 Å². The van der Waals surface area contributed by atoms with Crippen LogP contribution in [0.4, 0.5) is 4.39 Å². The quantitative estimate of drug-likeness (QED) is 0.664. The van der Waals surface area contributed by atoms with E-state index in [0.717, 1.165) is 18.4 Å². The first-order valence-corrected chi connectivity index (χ1v) is 11.5. The molecule has 0 N–H and O–H groups in total. The molecular weight excluding hydrogens is 423 g/mol. The molecule has 2 aliphatic heterocycles. The lowest BCUT2D eigenvalue weighted by atomic mass is 9.95. The van der Waals surface area contributed by atoms with Gasteiger partial charge in [-0.25, -0.2) is 4.39 Å². The molecule has 0 bridgehead atoms. The highest BCUT2D eigenvalue weighted by Gasteiger charge is 2.40. The first-order valence-electron chi connectivity index (χ1n) is 10.2. The Kier molecular flexibility index (Phi) is 6.34. The van der Waals surface area contributed by atoms with Crippen molar-refractivity contribution in [3.05, 3.63) is 70.5 Å². The number of thioether (sulfide) groups is 1. The van der Waals surface area contributed by atoms with E-state index < -0.39 is 0 Å². The SMILES string of the molecule is CC1SC(c2ccccc2Cl)N(CC2CCN(C(=O)c3ccc(F)cc3)CC2)C1=O. The Hall–Kier alpha value is -2.05. The Morgan fingerprint density at radius 1 is 1.13 bits per heavy atom. The van der Waals surface area contributed by atoms with Crippen LogP contribution in [0.25, 0.3) is 0 Å². The third-order valence-electron chi connectivity index (χ3n) is 5.87. The summed E-state index contributed by atoms with van der Waals surface area (Å²) in [6.45, 7) is 3.90. The van der Waals surface area contributed by atoms with Crippen LogP contribution >= 0.6 is 23.4 Å². The second-order valence-corrected chi connectivity index (χ2v) is 9.72. The van der Waals surface area contributed by atoms with E-state index in [0.29, 0.717) is 36.1 Å². The fourth-order valence-corrected chi connectivity index (χ4v) is 5.78. The molecule has 2 saturated heterocycles. The van der Waals surface area contributed by atoms with Gasteiger partial charge in [-0.05, 0) is 56.0 Å². The molecule has 2 heterocycles. The standard InChI is InChI=1S/C23H24ClFN2O2S/c1-15-21(28)27(23(30-15)19-4-2-3-5-20(19)24)14-16-10-12-26(13-11-16)22(29)17-6-8-18(25)9-7-17/h2-9,15-16,23H,10-14H2,1H3. The minimum absolute atomic E-state index is 0.0659. The van der Waals surface area contributed by atoms with Gasteiger partial charge in [-0.15, -0.1) is 11.8 Å². The Bertz CT molecular complexity index is 931. The van der Waals surface area contributed by atoms with E-state index >= 15 is 0 Å². The van der Waals surface area contributed by atoms with E-state index in [4.69, 9.17) is 11.6 Å². The molecule has 4 rings (SSSR count). The molecule has 2 aliphatic rings. The van der Waals surface area contributed by atoms with Crippen molar-refractivity contribution in [3.8, 4) is 0 Å². The lowest BCUT2D eigenvalue weighted by molar-refractivity contribution is -0.130. The number of halogens is 2. The number of nitrogens with zero attached hydrogens (tertiary/aromatic N) is 2. The number of likely N-dealkylation sites (tertiary alicyclic amines) is 1. The molecule has 2 atom stereocenters. The number of hydrogen-bond acceptors (Lipinski definition) is 3. The van der Waals surface area contributed by atoms with Gasteiger partial charge in [0.15, 0.2) is 0 Å². The number of carbonyl (C=O) groups is 2. The van der Waals surface area contributed by atoms with E-state index in [1.54, 1.807) is 11.8 Å². The summed E-state index contributed by atoms with van der Waals surface area (Å²) in [7, 11) is 0. The van der Waals surface area contributed by atoms with Crippen molar-refractivity contribution in [1.82, 2.24) is 9.80 Å². The number of carbonyl (C=O) groups excluding carboxylic acids is 2. The van der Waals surface area contributed by atoms with Crippen LogP contribution in [0.1, 0.15) is 41.1 Å². The lowest BCUT2D eigenvalue weighted by Gasteiger charge is -2.35. The maximum Gasteiger partial charge on any atom is 0.253 e. The number of rotatable bonds is 4. The van der Waals surface area contributed by atoms with Crippen LogP contribution in [0, 0.1) is 11.7 Å². The van der Waals surface area contributed by atoms with Gasteiger partial charge in [0, 0.05) is 35.8 Å². The monoisotopic (exact) mass is 446 g/mol. The third-order valence-corrected chi connectivity index (χ3v) is 7.59. The third kappa shape index (κ3) is 4.35. The van der Waals surface area contributed by atoms with Crippen molar-refractivity contribution in [2.75, 3.05) is 19.6 Å². The number of hydrogen-bond donors (Lipinski definition) is 0. The van der Waals surface area contributed by atoms with Crippen molar-refractivity contribution in [1.29, 1.82) is 0 Å². The second kappa shape index (κ2) is 8.98. The maximum absolute atomic E-state index is 13.1. The molecule has 2 amide bonds. The summed E-state index contributed by atoms with van der Waals surface area (Å²) in [6.07, 6.45) is 1.68. The van der Waals surface area contributed by atoms with Crippen molar-refractivity contribution in [3.63, 3.8) is 0 Å². The van der Waals surface area contributed by atoms with Crippen molar-refractivity contribution in [2.45, 2.75) is 30.4 Å². The van der Waals surface area contributed by atoms with Crippen molar-refractivity contribution < 1.29 is 14.0 Å². The molecule has 2 aromatic rings. The molecule has 4 nitrogen and oxygen atoms in total. The Morgan fingerprint density at radius 3 is 2.47 bits per heavy atom. The van der Waals surface area contributed by atoms with E-state index in [9.17, 15) is 14.0 Å². The van der Waals surface area contributed by atoms with Gasteiger partial charge in [0.25, 0.3) is 5.91 Å². The predicted octanol–water partition coefficient (Wildman–Crippen LogP) is 4.99. The minimum atomic E-state index is -0.347. The highest BCUT2D eigenvalue weighted by molar-refractivity contribution is 8.01. The second-order valence-electron chi connectivity index (χ2n) is 7.89. The summed E-state index contributed by atoms with van der Waals surface area (Å²) in [6, 6.07) is 13.4. The van der Waals surface area contributed by atoms with Crippen LogP contribution in [-0.4, -0.2) is 46.5 Å². The van der Waals surface area contributed by atoms with E-state index in [1.165, 1.54) is 24.3 Å². The zero-order chi connectivity index (χ0) is 21.3. The zero-order valence-corrected chi connectivity index (χ0v) is 18.3. The Morgan fingerprint density at radius 2 is 1.80 bits per heavy atom. The first kappa shape index (κ1) is 21.2. The molecule has 0 aromatic heterocycles. The van der Waals surface area contributed by atoms with E-state index in [2.05, 4.69) is 0 Å². The number of piperidine rings is 1. The van der Waals surface area contributed by atoms with Crippen molar-refractivity contribution in [2.24, 2.45) is 5.92 Å². The minimum Gasteiger partial charge on any atom is -0.339 e. The molecule has 2 aromatic carbocycles. The first-order chi connectivity index (χ1) is 14.4. The van der Waals surface area contributed by atoms with Gasteiger partial charge < -0.3 is 9.80 Å². The van der Waals surface area contributed by atoms with E-state index in [-0.39, 0.29) is 28.3 Å². The molecule has 158 valence electrons. The number of amides is 2. The summed E-state index contributed by atoms with van der Waals surface area (Å²) in [5.41, 5.74) is 1.49. The fraction of sp³-hybridized carbons (Fsp3) is 0.391. The van der Waals surface area contributed by atoms with Gasteiger partial charge in [-0.1, -0.05) is 29.8 Å². The summed E-state index contributed by atoms with van der Waals surface area (Å²) in [5.74, 6) is 0.0707. The van der Waals surface area contributed by atoms with Crippen molar-refractivity contribution >= 4 is 35.2 Å². The summed E-state index contributed by atoms with van der Waals surface area (Å²) in [4.78, 5) is 29.3. The fourth-order valence-electron chi connectivity index (χ4n) is 4.15. The lowest BCUT2D eigenvalue weighted by Crippen LogP contribution is -2.42. The molecule has 0 aliphatic carbocycles. The van der Waals surface area contributed by atoms with Crippen LogP contribution < -0.4 is 0 Å². The average molecular weight is 447 g/mol. The highest BCUT2D eigenvalue weighted by atomic mass is 35.5. The molecular formula is C23H24ClFN2O2S. The molecule has 0 radical (unpaired) electrons. The molecule has 0 saturated carbocycles. The maximum atomic E-state index is 13.1. The summed E-state index contributed by atoms with van der Waals surface area (Å²) < 4.78 is 13.1. The predicted molar refractivity (Wildman–Crippen MR) is 118 cm³/mol. The van der Waals surface area contributed by atoms with Gasteiger partial charge >= 0.3 is 0 Å². The van der Waals surface area contributed by atoms with Gasteiger partial charge in [-0.2, -0.15) is 0 Å². The summed E-state index contributed by atoms with van der Waals surface area (Å²) >= 11 is 8.05. The molecule has 2 unspecified atom stereocenters. The topological polar surface area (TPSA) is 40.6 Å². The summed E-state index contributed by atoms with van der Waals surface area (Å²) in [5, 5.41) is 0.521.